The largest absolute Gasteiger partial charge is 0.486 e. The molecule has 2 aromatic carbocycles. The van der Waals surface area contributed by atoms with Gasteiger partial charge in [0.15, 0.2) is 0 Å². The summed E-state index contributed by atoms with van der Waals surface area (Å²) in [5, 5.41) is 11.0. The Morgan fingerprint density at radius 2 is 1.96 bits per heavy atom. The molecule has 0 spiro atoms. The molecular weight excluding hydrogens is 384 g/mol. The molecule has 0 radical (unpaired) electrons. The van der Waals surface area contributed by atoms with Crippen LogP contribution in [0.25, 0.3) is 16.8 Å². The van der Waals surface area contributed by atoms with E-state index in [1.807, 2.05) is 36.4 Å². The summed E-state index contributed by atoms with van der Waals surface area (Å²) in [5.41, 5.74) is 4.93. The van der Waals surface area contributed by atoms with Crippen LogP contribution in [0.15, 0.2) is 63.0 Å². The van der Waals surface area contributed by atoms with E-state index in [1.54, 1.807) is 18.2 Å². The van der Waals surface area contributed by atoms with Crippen molar-refractivity contribution < 1.29 is 13.9 Å². The van der Waals surface area contributed by atoms with Crippen molar-refractivity contribution in [3.63, 3.8) is 0 Å². The minimum Gasteiger partial charge on any atom is -0.486 e. The van der Waals surface area contributed by atoms with Crippen LogP contribution in [0.4, 0.5) is 0 Å². The number of hydrogen-bond donors (Lipinski definition) is 1. The van der Waals surface area contributed by atoms with Gasteiger partial charge in [-0.05, 0) is 47.2 Å². The topological polar surface area (TPSA) is 89.2 Å². The van der Waals surface area contributed by atoms with Crippen molar-refractivity contribution in [2.45, 2.75) is 6.61 Å². The molecule has 0 saturated heterocycles. The van der Waals surface area contributed by atoms with Crippen molar-refractivity contribution in [3.8, 4) is 11.8 Å². The number of carbonyl (C=O) groups is 1. The van der Waals surface area contributed by atoms with E-state index in [0.717, 1.165) is 21.0 Å². The second kappa shape index (κ2) is 7.24. The van der Waals surface area contributed by atoms with Crippen molar-refractivity contribution in [1.82, 2.24) is 0 Å². The second-order valence-electron chi connectivity index (χ2n) is 5.28. The van der Waals surface area contributed by atoms with Crippen LogP contribution in [0.1, 0.15) is 11.5 Å². The summed E-state index contributed by atoms with van der Waals surface area (Å²) in [5.74, 6) is 0.874. The first kappa shape index (κ1) is 16.8. The van der Waals surface area contributed by atoms with E-state index in [-0.39, 0.29) is 12.2 Å². The smallest absolute Gasteiger partial charge is 0.259 e. The third kappa shape index (κ3) is 4.08. The van der Waals surface area contributed by atoms with Crippen LogP contribution in [0.3, 0.4) is 0 Å². The average molecular weight is 397 g/mol. The molecule has 6 heteroatoms. The summed E-state index contributed by atoms with van der Waals surface area (Å²) in [7, 11) is 0. The summed E-state index contributed by atoms with van der Waals surface area (Å²) in [4.78, 5) is 11.0. The number of benzene rings is 2. The molecule has 0 bridgehead atoms. The Morgan fingerprint density at radius 1 is 1.20 bits per heavy atom. The quantitative estimate of drug-likeness (QED) is 0.517. The second-order valence-corrected chi connectivity index (χ2v) is 6.20. The van der Waals surface area contributed by atoms with E-state index < -0.39 is 5.91 Å². The van der Waals surface area contributed by atoms with Gasteiger partial charge in [-0.25, -0.2) is 0 Å². The molecule has 2 N–H and O–H groups in total. The maximum Gasteiger partial charge on any atom is 0.259 e. The lowest BCUT2D eigenvalue weighted by Gasteiger charge is -2.06. The summed E-state index contributed by atoms with van der Waals surface area (Å²) in [6.07, 6.45) is 1.31. The fraction of sp³-hybridized carbons (Fsp3) is 0.0526. The number of nitriles is 1. The van der Waals surface area contributed by atoms with E-state index >= 15 is 0 Å². The molecule has 0 aliphatic heterocycles. The van der Waals surface area contributed by atoms with Gasteiger partial charge in [0.05, 0.1) is 0 Å². The Balaban J connectivity index is 1.71. The van der Waals surface area contributed by atoms with Crippen molar-refractivity contribution in [1.29, 1.82) is 5.26 Å². The number of halogens is 1. The highest BCUT2D eigenvalue weighted by Gasteiger charge is 2.07. The Hall–Kier alpha value is -3.04. The van der Waals surface area contributed by atoms with Crippen LogP contribution >= 0.6 is 15.9 Å². The van der Waals surface area contributed by atoms with Gasteiger partial charge in [-0.2, -0.15) is 5.26 Å². The van der Waals surface area contributed by atoms with Gasteiger partial charge in [-0.15, -0.1) is 0 Å². The van der Waals surface area contributed by atoms with E-state index in [9.17, 15) is 4.79 Å². The highest BCUT2D eigenvalue weighted by atomic mass is 79.9. The van der Waals surface area contributed by atoms with Crippen LogP contribution in [-0.2, 0) is 11.4 Å². The number of fused-ring (bicyclic) bond motifs is 1. The number of ether oxygens (including phenoxy) is 1. The van der Waals surface area contributed by atoms with Gasteiger partial charge < -0.3 is 14.9 Å². The molecule has 0 aliphatic carbocycles. The monoisotopic (exact) mass is 396 g/mol. The molecule has 0 unspecified atom stereocenters. The molecule has 0 aliphatic rings. The lowest BCUT2D eigenvalue weighted by molar-refractivity contribution is -0.114. The zero-order chi connectivity index (χ0) is 17.8. The van der Waals surface area contributed by atoms with Gasteiger partial charge >= 0.3 is 0 Å². The summed E-state index contributed by atoms with van der Waals surface area (Å²) in [6, 6.07) is 16.9. The third-order valence-electron chi connectivity index (χ3n) is 3.51. The van der Waals surface area contributed by atoms with E-state index in [0.29, 0.717) is 11.5 Å². The molecule has 124 valence electrons. The van der Waals surface area contributed by atoms with Crippen molar-refractivity contribution in [2.75, 3.05) is 0 Å². The van der Waals surface area contributed by atoms with Crippen molar-refractivity contribution >= 4 is 38.7 Å². The predicted molar refractivity (Wildman–Crippen MR) is 97.5 cm³/mol. The molecule has 0 saturated carbocycles. The molecule has 1 heterocycles. The molecular formula is C19H13BrN2O3. The van der Waals surface area contributed by atoms with Crippen LogP contribution < -0.4 is 10.5 Å². The molecule has 1 aromatic heterocycles. The van der Waals surface area contributed by atoms with Gasteiger partial charge in [-0.1, -0.05) is 28.1 Å². The Morgan fingerprint density at radius 3 is 2.72 bits per heavy atom. The molecule has 0 atom stereocenters. The number of furan rings is 1. The Kier molecular flexibility index (Phi) is 4.87. The highest BCUT2D eigenvalue weighted by molar-refractivity contribution is 9.10. The highest BCUT2D eigenvalue weighted by Crippen LogP contribution is 2.25. The fourth-order valence-corrected chi connectivity index (χ4v) is 2.67. The summed E-state index contributed by atoms with van der Waals surface area (Å²) < 4.78 is 12.3. The van der Waals surface area contributed by atoms with E-state index in [2.05, 4.69) is 15.9 Å². The maximum absolute atomic E-state index is 11.0. The molecule has 3 rings (SSSR count). The first-order valence-electron chi connectivity index (χ1n) is 7.37. The third-order valence-corrected chi connectivity index (χ3v) is 4.00. The van der Waals surface area contributed by atoms with Gasteiger partial charge in [0.25, 0.3) is 5.91 Å². The van der Waals surface area contributed by atoms with E-state index in [1.165, 1.54) is 6.08 Å². The number of hydrogen-bond acceptors (Lipinski definition) is 4. The average Bonchev–Trinajstić information content (AvgIpc) is 3.05. The lowest BCUT2D eigenvalue weighted by Crippen LogP contribution is -2.12. The van der Waals surface area contributed by atoms with Gasteiger partial charge in [0.2, 0.25) is 0 Å². The molecule has 1 amide bonds. The molecule has 3 aromatic rings. The van der Waals surface area contributed by atoms with Crippen LogP contribution in [0.2, 0.25) is 0 Å². The van der Waals surface area contributed by atoms with E-state index in [4.69, 9.17) is 20.1 Å². The number of carbonyl (C=O) groups excluding carboxylic acids is 1. The Labute approximate surface area is 152 Å². The summed E-state index contributed by atoms with van der Waals surface area (Å²) >= 11 is 3.45. The van der Waals surface area contributed by atoms with Crippen molar-refractivity contribution in [2.24, 2.45) is 5.73 Å². The zero-order valence-electron chi connectivity index (χ0n) is 13.0. The van der Waals surface area contributed by atoms with Gasteiger partial charge in [-0.3, -0.25) is 4.79 Å². The molecule has 25 heavy (non-hydrogen) atoms. The first-order valence-corrected chi connectivity index (χ1v) is 8.17. The number of nitrogens with zero attached hydrogens (tertiary/aromatic N) is 1. The lowest BCUT2D eigenvalue weighted by atomic mass is 10.1. The summed E-state index contributed by atoms with van der Waals surface area (Å²) in [6.45, 7) is 0.230. The van der Waals surface area contributed by atoms with Crippen LogP contribution in [0.5, 0.6) is 5.75 Å². The number of amides is 1. The van der Waals surface area contributed by atoms with Crippen molar-refractivity contribution in [3.05, 3.63) is 70.1 Å². The maximum atomic E-state index is 11.0. The Bertz CT molecular complexity index is 1010. The number of primary amides is 1. The van der Waals surface area contributed by atoms with Gasteiger partial charge in [0.1, 0.15) is 35.5 Å². The minimum atomic E-state index is -0.792. The minimum absolute atomic E-state index is 0.164. The predicted octanol–water partition coefficient (Wildman–Crippen LogP) is 4.17. The number of rotatable bonds is 5. The zero-order valence-corrected chi connectivity index (χ0v) is 14.6. The SMILES string of the molecule is N#C/C(=C\c1ccc(COc2ccc3cc(Br)ccc3c2)o1)C(N)=O. The van der Waals surface area contributed by atoms with Crippen LogP contribution in [0, 0.1) is 11.3 Å². The fourth-order valence-electron chi connectivity index (χ4n) is 2.29. The molecule has 0 fully saturated rings. The normalized spacial score (nSPS) is 11.3. The van der Waals surface area contributed by atoms with Gasteiger partial charge in [0, 0.05) is 10.5 Å². The standard InChI is InChI=1S/C19H13BrN2O3/c20-15-3-1-13-8-16(4-2-12(13)7-15)24-11-18-6-5-17(25-18)9-14(10-21)19(22)23/h1-9H,11H2,(H2,22,23)/b14-9+. The van der Waals surface area contributed by atoms with Crippen LogP contribution in [-0.4, -0.2) is 5.91 Å². The number of nitrogens with two attached hydrogens (primary N) is 1. The first-order chi connectivity index (χ1) is 12.0. The molecule has 5 nitrogen and oxygen atoms in total.